The predicted molar refractivity (Wildman–Crippen MR) is 59.2 cm³/mol. The van der Waals surface area contributed by atoms with Crippen molar-refractivity contribution in [2.45, 2.75) is 6.92 Å². The lowest BCUT2D eigenvalue weighted by molar-refractivity contribution is -0.384. The molecule has 6 heteroatoms. The number of carboxylic acid groups (broad SMARTS) is 1. The Hall–Kier alpha value is -2.68. The second-order valence-electron chi connectivity index (χ2n) is 3.27. The predicted octanol–water partition coefficient (Wildman–Crippen LogP) is 1.87. The van der Waals surface area contributed by atoms with E-state index in [9.17, 15) is 14.9 Å². The Bertz CT molecular complexity index is 555. The summed E-state index contributed by atoms with van der Waals surface area (Å²) in [5, 5.41) is 28.0. The fourth-order valence-corrected chi connectivity index (χ4v) is 1.35. The number of benzene rings is 1. The van der Waals surface area contributed by atoms with Crippen LogP contribution in [0, 0.1) is 28.4 Å². The highest BCUT2D eigenvalue weighted by Crippen LogP contribution is 2.22. The monoisotopic (exact) mass is 232 g/mol. The highest BCUT2D eigenvalue weighted by atomic mass is 16.6. The van der Waals surface area contributed by atoms with E-state index in [1.165, 1.54) is 18.2 Å². The highest BCUT2D eigenvalue weighted by Gasteiger charge is 2.12. The molecule has 1 aromatic carbocycles. The number of hydrogen-bond acceptors (Lipinski definition) is 4. The summed E-state index contributed by atoms with van der Waals surface area (Å²) in [4.78, 5) is 20.4. The molecule has 0 radical (unpaired) electrons. The Balaban J connectivity index is 3.40. The molecule has 1 N–H and O–H groups in total. The van der Waals surface area contributed by atoms with Gasteiger partial charge in [-0.1, -0.05) is 0 Å². The first-order valence-corrected chi connectivity index (χ1v) is 4.56. The number of nitriles is 1. The Morgan fingerprint density at radius 2 is 2.24 bits per heavy atom. The average molecular weight is 232 g/mol. The van der Waals surface area contributed by atoms with E-state index < -0.39 is 10.9 Å². The Kier molecular flexibility index (Phi) is 3.57. The van der Waals surface area contributed by atoms with Crippen molar-refractivity contribution in [3.05, 3.63) is 45.0 Å². The van der Waals surface area contributed by atoms with E-state index in [-0.39, 0.29) is 16.8 Å². The molecular formula is C11H8N2O4. The van der Waals surface area contributed by atoms with Crippen LogP contribution in [0.5, 0.6) is 0 Å². The van der Waals surface area contributed by atoms with Crippen LogP contribution in [0.15, 0.2) is 18.2 Å². The standard InChI is InChI=1S/C11H8N2O4/c1-7-4-9(13(16)17)5-8(10(7)6-12)2-3-11(14)15/h2-5H,1H3,(H,14,15)/b3-2+. The van der Waals surface area contributed by atoms with Gasteiger partial charge in [-0.25, -0.2) is 4.79 Å². The van der Waals surface area contributed by atoms with Gasteiger partial charge < -0.3 is 5.11 Å². The summed E-state index contributed by atoms with van der Waals surface area (Å²) < 4.78 is 0. The maximum absolute atomic E-state index is 10.6. The first-order valence-electron chi connectivity index (χ1n) is 4.56. The number of nitro groups is 1. The number of hydrogen-bond donors (Lipinski definition) is 1. The molecule has 0 aliphatic rings. The zero-order chi connectivity index (χ0) is 13.0. The second-order valence-corrected chi connectivity index (χ2v) is 3.27. The summed E-state index contributed by atoms with van der Waals surface area (Å²) in [7, 11) is 0. The van der Waals surface area contributed by atoms with Crippen molar-refractivity contribution in [2.24, 2.45) is 0 Å². The smallest absolute Gasteiger partial charge is 0.328 e. The van der Waals surface area contributed by atoms with Crippen LogP contribution in [0.2, 0.25) is 0 Å². The van der Waals surface area contributed by atoms with Crippen molar-refractivity contribution in [3.8, 4) is 6.07 Å². The third-order valence-corrected chi connectivity index (χ3v) is 2.08. The molecule has 0 saturated heterocycles. The zero-order valence-electron chi connectivity index (χ0n) is 8.88. The van der Waals surface area contributed by atoms with E-state index in [0.717, 1.165) is 6.08 Å². The van der Waals surface area contributed by atoms with Crippen LogP contribution in [0.3, 0.4) is 0 Å². The van der Waals surface area contributed by atoms with E-state index in [2.05, 4.69) is 0 Å². The van der Waals surface area contributed by atoms with Gasteiger partial charge >= 0.3 is 5.97 Å². The number of rotatable bonds is 3. The van der Waals surface area contributed by atoms with Crippen LogP contribution in [0.1, 0.15) is 16.7 Å². The van der Waals surface area contributed by atoms with Crippen molar-refractivity contribution < 1.29 is 14.8 Å². The van der Waals surface area contributed by atoms with Gasteiger partial charge in [-0.2, -0.15) is 5.26 Å². The molecule has 0 fully saturated rings. The summed E-state index contributed by atoms with van der Waals surface area (Å²) in [6.07, 6.45) is 2.00. The van der Waals surface area contributed by atoms with Gasteiger partial charge in [0.15, 0.2) is 0 Å². The first kappa shape index (κ1) is 12.4. The van der Waals surface area contributed by atoms with Crippen molar-refractivity contribution in [1.82, 2.24) is 0 Å². The minimum atomic E-state index is -1.18. The molecule has 17 heavy (non-hydrogen) atoms. The first-order chi connectivity index (χ1) is 7.95. The highest BCUT2D eigenvalue weighted by molar-refractivity contribution is 5.86. The second kappa shape index (κ2) is 4.90. The maximum atomic E-state index is 10.6. The van der Waals surface area contributed by atoms with Crippen LogP contribution in [0.4, 0.5) is 5.69 Å². The molecule has 0 aliphatic heterocycles. The molecule has 0 saturated carbocycles. The number of carboxylic acids is 1. The van der Waals surface area contributed by atoms with E-state index >= 15 is 0 Å². The summed E-state index contributed by atoms with van der Waals surface area (Å²) in [6.45, 7) is 1.56. The van der Waals surface area contributed by atoms with Gasteiger partial charge in [0.25, 0.3) is 5.69 Å². The lowest BCUT2D eigenvalue weighted by Crippen LogP contribution is -1.95. The van der Waals surface area contributed by atoms with Gasteiger partial charge in [0.05, 0.1) is 10.5 Å². The van der Waals surface area contributed by atoms with Gasteiger partial charge in [-0.3, -0.25) is 10.1 Å². The lowest BCUT2D eigenvalue weighted by Gasteiger charge is -2.02. The number of aliphatic carboxylic acids is 1. The minimum Gasteiger partial charge on any atom is -0.478 e. The van der Waals surface area contributed by atoms with E-state index in [1.54, 1.807) is 6.92 Å². The minimum absolute atomic E-state index is 0.175. The maximum Gasteiger partial charge on any atom is 0.328 e. The van der Waals surface area contributed by atoms with Gasteiger partial charge in [0.1, 0.15) is 6.07 Å². The van der Waals surface area contributed by atoms with Crippen molar-refractivity contribution in [2.75, 3.05) is 0 Å². The van der Waals surface area contributed by atoms with Gasteiger partial charge in [0, 0.05) is 18.2 Å². The molecule has 86 valence electrons. The average Bonchev–Trinajstić information content (AvgIpc) is 2.25. The molecule has 0 atom stereocenters. The molecule has 0 aliphatic carbocycles. The van der Waals surface area contributed by atoms with Gasteiger partial charge in [0.2, 0.25) is 0 Å². The topological polar surface area (TPSA) is 104 Å². The largest absolute Gasteiger partial charge is 0.478 e. The van der Waals surface area contributed by atoms with Crippen LogP contribution < -0.4 is 0 Å². The Morgan fingerprint density at radius 1 is 1.59 bits per heavy atom. The molecule has 1 aromatic rings. The molecule has 0 spiro atoms. The zero-order valence-corrected chi connectivity index (χ0v) is 8.88. The summed E-state index contributed by atoms with van der Waals surface area (Å²) in [6, 6.07) is 4.33. The van der Waals surface area contributed by atoms with Crippen LogP contribution in [0.25, 0.3) is 6.08 Å². The summed E-state index contributed by atoms with van der Waals surface area (Å²) >= 11 is 0. The quantitative estimate of drug-likeness (QED) is 0.486. The number of nitrogens with zero attached hydrogens (tertiary/aromatic N) is 2. The molecule has 6 nitrogen and oxygen atoms in total. The van der Waals surface area contributed by atoms with Crippen molar-refractivity contribution in [1.29, 1.82) is 5.26 Å². The fraction of sp³-hybridized carbons (Fsp3) is 0.0909. The number of nitro benzene ring substituents is 1. The fourth-order valence-electron chi connectivity index (χ4n) is 1.35. The molecular weight excluding hydrogens is 224 g/mol. The van der Waals surface area contributed by atoms with E-state index in [0.29, 0.717) is 5.56 Å². The van der Waals surface area contributed by atoms with Crippen LogP contribution >= 0.6 is 0 Å². The molecule has 0 amide bonds. The molecule has 0 heterocycles. The Labute approximate surface area is 96.6 Å². The van der Waals surface area contributed by atoms with Gasteiger partial charge in [-0.05, 0) is 24.1 Å². The molecule has 0 bridgehead atoms. The molecule has 1 rings (SSSR count). The lowest BCUT2D eigenvalue weighted by atomic mass is 10.0. The molecule has 0 aromatic heterocycles. The molecule has 0 unspecified atom stereocenters. The van der Waals surface area contributed by atoms with E-state index in [1.807, 2.05) is 6.07 Å². The number of non-ortho nitro benzene ring substituents is 1. The van der Waals surface area contributed by atoms with Crippen molar-refractivity contribution in [3.63, 3.8) is 0 Å². The van der Waals surface area contributed by atoms with Crippen LogP contribution in [-0.2, 0) is 4.79 Å². The normalized spacial score (nSPS) is 10.1. The third kappa shape index (κ3) is 2.89. The van der Waals surface area contributed by atoms with E-state index in [4.69, 9.17) is 10.4 Å². The number of carbonyl (C=O) groups is 1. The third-order valence-electron chi connectivity index (χ3n) is 2.08. The SMILES string of the molecule is Cc1cc([N+](=O)[O-])cc(/C=C/C(=O)O)c1C#N. The summed E-state index contributed by atoms with van der Waals surface area (Å²) in [5.74, 6) is -1.18. The van der Waals surface area contributed by atoms with Gasteiger partial charge in [-0.15, -0.1) is 0 Å². The Morgan fingerprint density at radius 3 is 2.71 bits per heavy atom. The number of aryl methyl sites for hydroxylation is 1. The summed E-state index contributed by atoms with van der Waals surface area (Å²) in [5.41, 5.74) is 0.716. The van der Waals surface area contributed by atoms with Crippen LogP contribution in [-0.4, -0.2) is 16.0 Å². The van der Waals surface area contributed by atoms with Crippen molar-refractivity contribution >= 4 is 17.7 Å².